The molecule has 1 aliphatic carbocycles. The largest absolute Gasteiger partial charge is 0.494 e. The number of aliphatic imine (C=N–C) groups is 1. The average molecular weight is 499 g/mol. The van der Waals surface area contributed by atoms with Crippen LogP contribution >= 0.6 is 15.9 Å². The van der Waals surface area contributed by atoms with Crippen molar-refractivity contribution < 1.29 is 19.4 Å². The number of nitrogens with zero attached hydrogens (tertiary/aromatic N) is 1. The van der Waals surface area contributed by atoms with Gasteiger partial charge in [0.25, 0.3) is 5.91 Å². The molecule has 32 heavy (non-hydrogen) atoms. The fourth-order valence-corrected chi connectivity index (χ4v) is 3.98. The first-order chi connectivity index (χ1) is 15.6. The van der Waals surface area contributed by atoms with Gasteiger partial charge in [-0.05, 0) is 54.8 Å². The fraction of sp³-hybridized carbons (Fsp3) is 0.360. The van der Waals surface area contributed by atoms with Crippen LogP contribution in [0.2, 0.25) is 0 Å². The Morgan fingerprint density at radius 3 is 2.59 bits per heavy atom. The number of amides is 1. The van der Waals surface area contributed by atoms with Gasteiger partial charge in [-0.1, -0.05) is 34.1 Å². The smallest absolute Gasteiger partial charge is 0.252 e. The molecule has 0 bridgehead atoms. The molecule has 1 saturated carbocycles. The number of hydrogen-bond donors (Lipinski definition) is 2. The molecule has 0 saturated heterocycles. The van der Waals surface area contributed by atoms with Crippen molar-refractivity contribution in [2.75, 3.05) is 13.2 Å². The number of nitrogens with one attached hydrogen (secondary N) is 1. The Morgan fingerprint density at radius 1 is 1.25 bits per heavy atom. The van der Waals surface area contributed by atoms with E-state index in [-0.39, 0.29) is 18.6 Å². The first-order valence-electron chi connectivity index (χ1n) is 10.8. The lowest BCUT2D eigenvalue weighted by atomic mass is 9.84. The molecule has 7 heteroatoms. The van der Waals surface area contributed by atoms with Crippen LogP contribution in [-0.4, -0.2) is 41.7 Å². The average Bonchev–Trinajstić information content (AvgIpc) is 3.53. The molecular formula is C25H27BrN2O4. The highest BCUT2D eigenvalue weighted by Crippen LogP contribution is 2.43. The molecule has 1 fully saturated rings. The standard InChI is InChI=1S/C25H27BrN2O4/c1-2-14-25(24(30)27-20-10-11-20)22(17-4-8-19(26)9-5-17)32-23(28-25)18-6-12-21(13-7-18)31-16-3-15-29/h2,4-9,12-13,20,22,29H,1,3,10-11,14-16H2,(H,27,30)/t22-,25-/m1/s1. The van der Waals surface area contributed by atoms with E-state index in [1.54, 1.807) is 6.08 Å². The van der Waals surface area contributed by atoms with Crippen LogP contribution in [0.1, 0.15) is 42.9 Å². The van der Waals surface area contributed by atoms with Crippen molar-refractivity contribution in [3.63, 3.8) is 0 Å². The first-order valence-corrected chi connectivity index (χ1v) is 11.6. The quantitative estimate of drug-likeness (QED) is 0.377. The zero-order chi connectivity index (χ0) is 22.6. The van der Waals surface area contributed by atoms with E-state index in [9.17, 15) is 4.79 Å². The van der Waals surface area contributed by atoms with E-state index in [4.69, 9.17) is 19.6 Å². The van der Waals surface area contributed by atoms with Crippen molar-refractivity contribution in [3.8, 4) is 5.75 Å². The van der Waals surface area contributed by atoms with Crippen molar-refractivity contribution in [1.82, 2.24) is 5.32 Å². The molecule has 2 aliphatic rings. The van der Waals surface area contributed by atoms with Gasteiger partial charge in [0.1, 0.15) is 5.75 Å². The number of rotatable bonds is 10. The molecule has 2 aromatic rings. The maximum atomic E-state index is 13.4. The lowest BCUT2D eigenvalue weighted by Gasteiger charge is -2.29. The zero-order valence-electron chi connectivity index (χ0n) is 17.8. The van der Waals surface area contributed by atoms with Crippen LogP contribution in [0.15, 0.2) is 70.7 Å². The van der Waals surface area contributed by atoms with E-state index in [2.05, 4.69) is 27.8 Å². The van der Waals surface area contributed by atoms with Crippen molar-refractivity contribution in [3.05, 3.63) is 76.8 Å². The molecule has 2 atom stereocenters. The van der Waals surface area contributed by atoms with E-state index >= 15 is 0 Å². The lowest BCUT2D eigenvalue weighted by molar-refractivity contribution is -0.129. The van der Waals surface area contributed by atoms with Gasteiger partial charge in [0, 0.05) is 35.5 Å². The van der Waals surface area contributed by atoms with Crippen molar-refractivity contribution in [2.45, 2.75) is 43.4 Å². The summed E-state index contributed by atoms with van der Waals surface area (Å²) in [4.78, 5) is 18.3. The van der Waals surface area contributed by atoms with Gasteiger partial charge in [-0.3, -0.25) is 4.79 Å². The highest BCUT2D eigenvalue weighted by Gasteiger charge is 2.53. The summed E-state index contributed by atoms with van der Waals surface area (Å²) in [5, 5.41) is 12.0. The summed E-state index contributed by atoms with van der Waals surface area (Å²) >= 11 is 3.47. The SMILES string of the molecule is C=CC[C@@]1(C(=O)NC2CC2)N=C(c2ccc(OCCCO)cc2)O[C@@H]1c1ccc(Br)cc1. The Bertz CT molecular complexity index is 986. The number of carbonyl (C=O) groups is 1. The summed E-state index contributed by atoms with van der Waals surface area (Å²) in [5.74, 6) is 0.994. The zero-order valence-corrected chi connectivity index (χ0v) is 19.4. The number of halogens is 1. The molecular weight excluding hydrogens is 472 g/mol. The molecule has 2 N–H and O–H groups in total. The third-order valence-corrected chi connectivity index (χ3v) is 6.10. The summed E-state index contributed by atoms with van der Waals surface area (Å²) in [7, 11) is 0. The van der Waals surface area contributed by atoms with Gasteiger partial charge in [-0.25, -0.2) is 4.99 Å². The normalized spacial score (nSPS) is 22.1. The molecule has 0 spiro atoms. The molecule has 0 aromatic heterocycles. The van der Waals surface area contributed by atoms with Crippen molar-refractivity contribution in [1.29, 1.82) is 0 Å². The summed E-state index contributed by atoms with van der Waals surface area (Å²) in [5.41, 5.74) is 0.527. The Hall–Kier alpha value is -2.64. The Morgan fingerprint density at radius 2 is 1.97 bits per heavy atom. The minimum atomic E-state index is -1.12. The third-order valence-electron chi connectivity index (χ3n) is 5.57. The number of aliphatic hydroxyl groups excluding tert-OH is 1. The molecule has 1 heterocycles. The summed E-state index contributed by atoms with van der Waals surface area (Å²) in [6.45, 7) is 4.43. The molecule has 0 unspecified atom stereocenters. The Balaban J connectivity index is 1.66. The van der Waals surface area contributed by atoms with Gasteiger partial charge >= 0.3 is 0 Å². The number of aliphatic hydroxyl groups is 1. The van der Waals surface area contributed by atoms with Crippen molar-refractivity contribution >= 4 is 27.7 Å². The van der Waals surface area contributed by atoms with Crippen LogP contribution in [0.25, 0.3) is 0 Å². The minimum Gasteiger partial charge on any atom is -0.494 e. The van der Waals surface area contributed by atoms with Crippen LogP contribution < -0.4 is 10.1 Å². The van der Waals surface area contributed by atoms with E-state index in [1.165, 1.54) is 0 Å². The molecule has 1 amide bonds. The number of ether oxygens (including phenoxy) is 2. The highest BCUT2D eigenvalue weighted by molar-refractivity contribution is 9.10. The van der Waals surface area contributed by atoms with Gasteiger partial charge < -0.3 is 19.9 Å². The topological polar surface area (TPSA) is 80.2 Å². The maximum absolute atomic E-state index is 13.4. The lowest BCUT2D eigenvalue weighted by Crippen LogP contribution is -2.48. The number of carbonyl (C=O) groups excluding carboxylic acids is 1. The second-order valence-corrected chi connectivity index (χ2v) is 9.00. The second-order valence-electron chi connectivity index (χ2n) is 8.08. The maximum Gasteiger partial charge on any atom is 0.252 e. The van der Waals surface area contributed by atoms with Gasteiger partial charge in [0.15, 0.2) is 11.6 Å². The Labute approximate surface area is 196 Å². The van der Waals surface area contributed by atoms with Gasteiger partial charge in [-0.15, -0.1) is 6.58 Å². The summed E-state index contributed by atoms with van der Waals surface area (Å²) in [6, 6.07) is 15.4. The molecule has 1 aliphatic heterocycles. The van der Waals surface area contributed by atoms with Crippen LogP contribution in [-0.2, 0) is 9.53 Å². The third kappa shape index (κ3) is 4.89. The summed E-state index contributed by atoms with van der Waals surface area (Å²) < 4.78 is 12.9. The van der Waals surface area contributed by atoms with Gasteiger partial charge in [-0.2, -0.15) is 0 Å². The Kier molecular flexibility index (Phi) is 6.96. The fourth-order valence-electron chi connectivity index (χ4n) is 3.71. The van der Waals surface area contributed by atoms with Gasteiger partial charge in [0.05, 0.1) is 6.61 Å². The van der Waals surface area contributed by atoms with Gasteiger partial charge in [0.2, 0.25) is 5.90 Å². The van der Waals surface area contributed by atoms with Crippen LogP contribution in [0.3, 0.4) is 0 Å². The monoisotopic (exact) mass is 498 g/mol. The predicted octanol–water partition coefficient (Wildman–Crippen LogP) is 4.32. The molecule has 168 valence electrons. The summed E-state index contributed by atoms with van der Waals surface area (Å²) in [6.07, 6.45) is 4.09. The molecule has 4 rings (SSSR count). The van der Waals surface area contributed by atoms with Crippen LogP contribution in [0, 0.1) is 0 Å². The van der Waals surface area contributed by atoms with E-state index in [0.29, 0.717) is 31.1 Å². The minimum absolute atomic E-state index is 0.0917. The highest BCUT2D eigenvalue weighted by atomic mass is 79.9. The van der Waals surface area contributed by atoms with E-state index in [0.717, 1.165) is 28.4 Å². The van der Waals surface area contributed by atoms with E-state index in [1.807, 2.05) is 48.5 Å². The molecule has 2 aromatic carbocycles. The van der Waals surface area contributed by atoms with Crippen LogP contribution in [0.4, 0.5) is 0 Å². The predicted molar refractivity (Wildman–Crippen MR) is 127 cm³/mol. The molecule has 0 radical (unpaired) electrons. The van der Waals surface area contributed by atoms with Crippen LogP contribution in [0.5, 0.6) is 5.75 Å². The number of benzene rings is 2. The van der Waals surface area contributed by atoms with E-state index < -0.39 is 11.6 Å². The molecule has 6 nitrogen and oxygen atoms in total. The first kappa shape index (κ1) is 22.6. The second kappa shape index (κ2) is 9.88. The number of hydrogen-bond acceptors (Lipinski definition) is 5. The van der Waals surface area contributed by atoms with Crippen molar-refractivity contribution in [2.24, 2.45) is 4.99 Å².